The fraction of sp³-hybridized carbons (Fsp3) is 0.417. The number of rotatable bonds is 5. The van der Waals surface area contributed by atoms with Crippen LogP contribution >= 0.6 is 0 Å². The van der Waals surface area contributed by atoms with Crippen LogP contribution in [0.15, 0.2) is 28.9 Å². The highest BCUT2D eigenvalue weighted by Crippen LogP contribution is 2.11. The van der Waals surface area contributed by atoms with Gasteiger partial charge in [-0.05, 0) is 19.1 Å². The van der Waals surface area contributed by atoms with Gasteiger partial charge >= 0.3 is 0 Å². The highest BCUT2D eigenvalue weighted by atomic mass is 16.3. The van der Waals surface area contributed by atoms with E-state index in [1.54, 1.807) is 6.20 Å². The maximum absolute atomic E-state index is 5.61. The Balaban J connectivity index is 1.87. The van der Waals surface area contributed by atoms with Gasteiger partial charge in [0.1, 0.15) is 17.3 Å². The Hall–Kier alpha value is -1.55. The molecule has 4 nitrogen and oxygen atoms in total. The molecule has 0 aliphatic carbocycles. The number of aryl methyl sites for hydroxylation is 1. The van der Waals surface area contributed by atoms with Gasteiger partial charge in [-0.3, -0.25) is 0 Å². The zero-order valence-electron chi connectivity index (χ0n) is 9.66. The van der Waals surface area contributed by atoms with E-state index in [-0.39, 0.29) is 6.04 Å². The molecule has 0 aliphatic heterocycles. The summed E-state index contributed by atoms with van der Waals surface area (Å²) in [7, 11) is 0. The van der Waals surface area contributed by atoms with Crippen LogP contribution in [-0.4, -0.2) is 9.97 Å². The number of nitrogens with zero attached hydrogens (tertiary/aromatic N) is 1. The highest BCUT2D eigenvalue weighted by Gasteiger charge is 2.07. The minimum atomic E-state index is 0.199. The predicted molar refractivity (Wildman–Crippen MR) is 61.9 cm³/mol. The summed E-state index contributed by atoms with van der Waals surface area (Å²) in [4.78, 5) is 7.29. The van der Waals surface area contributed by atoms with Crippen molar-refractivity contribution in [3.63, 3.8) is 0 Å². The lowest BCUT2D eigenvalue weighted by molar-refractivity contribution is 0.431. The molecule has 0 fully saturated rings. The van der Waals surface area contributed by atoms with Crippen LogP contribution in [-0.2, 0) is 13.0 Å². The minimum absolute atomic E-state index is 0.199. The molecular weight excluding hydrogens is 202 g/mol. The van der Waals surface area contributed by atoms with Gasteiger partial charge < -0.3 is 14.7 Å². The van der Waals surface area contributed by atoms with Crippen LogP contribution in [0.1, 0.15) is 37.2 Å². The van der Waals surface area contributed by atoms with E-state index in [4.69, 9.17) is 4.42 Å². The van der Waals surface area contributed by atoms with Gasteiger partial charge in [-0.2, -0.15) is 0 Å². The molecular formula is C12H17N3O. The normalized spacial score (nSPS) is 12.9. The van der Waals surface area contributed by atoms with Crippen molar-refractivity contribution in [1.29, 1.82) is 0 Å². The van der Waals surface area contributed by atoms with E-state index in [0.29, 0.717) is 0 Å². The van der Waals surface area contributed by atoms with Crippen LogP contribution in [0.4, 0.5) is 0 Å². The van der Waals surface area contributed by atoms with E-state index in [2.05, 4.69) is 29.1 Å². The van der Waals surface area contributed by atoms with Crippen molar-refractivity contribution >= 4 is 0 Å². The van der Waals surface area contributed by atoms with Gasteiger partial charge in [0.15, 0.2) is 0 Å². The molecule has 4 heteroatoms. The Kier molecular flexibility index (Phi) is 3.41. The van der Waals surface area contributed by atoms with Crippen LogP contribution in [0.5, 0.6) is 0 Å². The smallest absolute Gasteiger partial charge is 0.122 e. The minimum Gasteiger partial charge on any atom is -0.465 e. The van der Waals surface area contributed by atoms with Crippen LogP contribution in [0, 0.1) is 0 Å². The van der Waals surface area contributed by atoms with Crippen molar-refractivity contribution in [3.05, 3.63) is 41.9 Å². The number of aromatic nitrogens is 2. The standard InChI is InChI=1S/C12H17N3O/c1-3-10-4-5-11(16-10)8-15-9(2)12-13-6-7-14-12/h4-7,9,15H,3,8H2,1-2H3,(H,13,14). The molecule has 0 bridgehead atoms. The van der Waals surface area contributed by atoms with Crippen molar-refractivity contribution in [2.45, 2.75) is 32.9 Å². The van der Waals surface area contributed by atoms with Gasteiger partial charge in [-0.25, -0.2) is 4.98 Å². The maximum atomic E-state index is 5.61. The van der Waals surface area contributed by atoms with Gasteiger partial charge in [0.2, 0.25) is 0 Å². The molecule has 16 heavy (non-hydrogen) atoms. The molecule has 1 atom stereocenters. The van der Waals surface area contributed by atoms with Crippen LogP contribution in [0.2, 0.25) is 0 Å². The van der Waals surface area contributed by atoms with Gasteiger partial charge in [-0.15, -0.1) is 0 Å². The third kappa shape index (κ3) is 2.52. The molecule has 1 unspecified atom stereocenters. The molecule has 0 spiro atoms. The van der Waals surface area contributed by atoms with Gasteiger partial charge in [-0.1, -0.05) is 6.92 Å². The van der Waals surface area contributed by atoms with E-state index in [0.717, 1.165) is 30.3 Å². The molecule has 0 aliphatic rings. The molecule has 0 aromatic carbocycles. The molecule has 2 heterocycles. The molecule has 2 aromatic heterocycles. The van der Waals surface area contributed by atoms with E-state index < -0.39 is 0 Å². The summed E-state index contributed by atoms with van der Waals surface area (Å²) in [5.74, 6) is 2.94. The Labute approximate surface area is 95.1 Å². The Morgan fingerprint density at radius 2 is 2.25 bits per heavy atom. The zero-order chi connectivity index (χ0) is 11.4. The second-order valence-corrected chi connectivity index (χ2v) is 3.80. The van der Waals surface area contributed by atoms with Gasteiger partial charge in [0.05, 0.1) is 12.6 Å². The quantitative estimate of drug-likeness (QED) is 0.812. The topological polar surface area (TPSA) is 53.9 Å². The molecule has 0 amide bonds. The highest BCUT2D eigenvalue weighted by molar-refractivity contribution is 5.07. The number of H-pyrrole nitrogens is 1. The first-order valence-corrected chi connectivity index (χ1v) is 5.60. The van der Waals surface area contributed by atoms with Crippen molar-refractivity contribution < 1.29 is 4.42 Å². The zero-order valence-corrected chi connectivity index (χ0v) is 9.66. The summed E-state index contributed by atoms with van der Waals surface area (Å²) < 4.78 is 5.61. The summed E-state index contributed by atoms with van der Waals surface area (Å²) in [5.41, 5.74) is 0. The Morgan fingerprint density at radius 1 is 1.44 bits per heavy atom. The largest absolute Gasteiger partial charge is 0.465 e. The second-order valence-electron chi connectivity index (χ2n) is 3.80. The van der Waals surface area contributed by atoms with Gasteiger partial charge in [0, 0.05) is 18.8 Å². The fourth-order valence-corrected chi connectivity index (χ4v) is 1.57. The summed E-state index contributed by atoms with van der Waals surface area (Å²) in [6, 6.07) is 4.24. The molecule has 0 radical (unpaired) electrons. The summed E-state index contributed by atoms with van der Waals surface area (Å²) in [5, 5.41) is 3.35. The summed E-state index contributed by atoms with van der Waals surface area (Å²) in [6.07, 6.45) is 4.53. The van der Waals surface area contributed by atoms with E-state index in [9.17, 15) is 0 Å². The lowest BCUT2D eigenvalue weighted by Crippen LogP contribution is -2.18. The SMILES string of the molecule is CCc1ccc(CNC(C)c2ncc[nH]2)o1. The molecule has 2 aromatic rings. The van der Waals surface area contributed by atoms with Crippen LogP contribution in [0.3, 0.4) is 0 Å². The average molecular weight is 219 g/mol. The van der Waals surface area contributed by atoms with Crippen LogP contribution in [0.25, 0.3) is 0 Å². The van der Waals surface area contributed by atoms with Crippen molar-refractivity contribution in [3.8, 4) is 0 Å². The van der Waals surface area contributed by atoms with Gasteiger partial charge in [0.25, 0.3) is 0 Å². The Bertz CT molecular complexity index is 419. The maximum Gasteiger partial charge on any atom is 0.122 e. The number of nitrogens with one attached hydrogen (secondary N) is 2. The van der Waals surface area contributed by atoms with Crippen molar-refractivity contribution in [2.24, 2.45) is 0 Å². The van der Waals surface area contributed by atoms with Crippen molar-refractivity contribution in [2.75, 3.05) is 0 Å². The lowest BCUT2D eigenvalue weighted by atomic mass is 10.3. The van der Waals surface area contributed by atoms with E-state index in [1.807, 2.05) is 18.3 Å². The monoisotopic (exact) mass is 219 g/mol. The summed E-state index contributed by atoms with van der Waals surface area (Å²) in [6.45, 7) is 4.88. The summed E-state index contributed by atoms with van der Waals surface area (Å²) >= 11 is 0. The van der Waals surface area contributed by atoms with Crippen LogP contribution < -0.4 is 5.32 Å². The first-order valence-electron chi connectivity index (χ1n) is 5.60. The molecule has 2 N–H and O–H groups in total. The molecule has 0 saturated carbocycles. The predicted octanol–water partition coefficient (Wildman–Crippen LogP) is 2.42. The Morgan fingerprint density at radius 3 is 2.88 bits per heavy atom. The number of aromatic amines is 1. The fourth-order valence-electron chi connectivity index (χ4n) is 1.57. The molecule has 86 valence electrons. The van der Waals surface area contributed by atoms with E-state index >= 15 is 0 Å². The third-order valence-corrected chi connectivity index (χ3v) is 2.58. The number of imidazole rings is 1. The number of furan rings is 1. The average Bonchev–Trinajstić information content (AvgIpc) is 2.96. The first kappa shape index (κ1) is 11.0. The van der Waals surface area contributed by atoms with Crippen molar-refractivity contribution in [1.82, 2.24) is 15.3 Å². The third-order valence-electron chi connectivity index (χ3n) is 2.58. The van der Waals surface area contributed by atoms with E-state index in [1.165, 1.54) is 0 Å². The lowest BCUT2D eigenvalue weighted by Gasteiger charge is -2.09. The molecule has 2 rings (SSSR count). The number of hydrogen-bond acceptors (Lipinski definition) is 3. The second kappa shape index (κ2) is 4.99. The number of hydrogen-bond donors (Lipinski definition) is 2. The molecule has 0 saturated heterocycles. The first-order chi connectivity index (χ1) is 7.79.